The topological polar surface area (TPSA) is 60.7 Å². The molecule has 0 atom stereocenters. The summed E-state index contributed by atoms with van der Waals surface area (Å²) in [4.78, 5) is 0. The van der Waals surface area contributed by atoms with E-state index in [1.807, 2.05) is 12.1 Å². The molecule has 0 saturated heterocycles. The lowest BCUT2D eigenvalue weighted by molar-refractivity contribution is 0.278. The van der Waals surface area contributed by atoms with Gasteiger partial charge in [0.25, 0.3) is 0 Å². The normalized spacial score (nSPS) is 8.41. The van der Waals surface area contributed by atoms with E-state index in [1.54, 1.807) is 0 Å². The lowest BCUT2D eigenvalue weighted by atomic mass is 10.1. The number of hydrogen-bond acceptors (Lipinski definition) is 3. The fourth-order valence-corrected chi connectivity index (χ4v) is 1.26. The van der Waals surface area contributed by atoms with Gasteiger partial charge in [0.1, 0.15) is 0 Å². The van der Waals surface area contributed by atoms with Gasteiger partial charge in [0, 0.05) is 0 Å². The highest BCUT2D eigenvalue weighted by Gasteiger charge is 1.93. The Morgan fingerprint density at radius 2 is 0.824 bits per heavy atom. The van der Waals surface area contributed by atoms with Gasteiger partial charge in [-0.2, -0.15) is 0 Å². The fraction of sp³-hybridized carbons (Fsp3) is 0. The minimum absolute atomic E-state index is 0. The largest absolute Gasteiger partial charge is 0.631 e. The van der Waals surface area contributed by atoms with Crippen LogP contribution < -0.4 is 0 Å². The second-order valence-electron chi connectivity index (χ2n) is 3.08. The molecule has 2 rings (SSSR count). The van der Waals surface area contributed by atoms with Crippen LogP contribution in [0.15, 0.2) is 60.7 Å². The molecule has 0 fully saturated rings. The molecule has 2 aromatic rings. The van der Waals surface area contributed by atoms with Crippen molar-refractivity contribution < 1.29 is 15.1 Å². The van der Waals surface area contributed by atoms with Crippen molar-refractivity contribution in [2.45, 2.75) is 0 Å². The van der Waals surface area contributed by atoms with Crippen molar-refractivity contribution >= 4 is 31.3 Å². The fourth-order valence-electron chi connectivity index (χ4n) is 1.26. The highest BCUT2D eigenvalue weighted by atomic mass is 127. The molecule has 90 valence electrons. The Hall–Kier alpha value is -0.885. The maximum Gasteiger partial charge on any atom is 0.631 e. The third-order valence-electron chi connectivity index (χ3n) is 1.88. The highest BCUT2D eigenvalue weighted by molar-refractivity contribution is 14.0. The van der Waals surface area contributed by atoms with Crippen molar-refractivity contribution in [1.29, 1.82) is 0 Å². The first-order valence-corrected chi connectivity index (χ1v) is 4.85. The lowest BCUT2D eigenvalue weighted by Gasteiger charge is -1.98. The molecule has 0 amide bonds. The van der Waals surface area contributed by atoms with Crippen LogP contribution in [-0.4, -0.2) is 22.4 Å². The van der Waals surface area contributed by atoms with Crippen molar-refractivity contribution in [1.82, 2.24) is 0 Å². The van der Waals surface area contributed by atoms with Crippen LogP contribution in [0.1, 0.15) is 0 Å². The van der Waals surface area contributed by atoms with Gasteiger partial charge in [-0.15, -0.1) is 24.0 Å². The molecule has 0 radical (unpaired) electrons. The Morgan fingerprint density at radius 1 is 0.588 bits per heavy atom. The highest BCUT2D eigenvalue weighted by Crippen LogP contribution is 2.17. The Morgan fingerprint density at radius 3 is 1.06 bits per heavy atom. The summed E-state index contributed by atoms with van der Waals surface area (Å²) < 4.78 is 0. The van der Waals surface area contributed by atoms with E-state index < -0.39 is 7.32 Å². The average molecular weight is 344 g/mol. The summed E-state index contributed by atoms with van der Waals surface area (Å²) in [6, 6.07) is 20.8. The molecule has 0 aliphatic heterocycles. The molecule has 3 nitrogen and oxygen atoms in total. The summed E-state index contributed by atoms with van der Waals surface area (Å²) in [5, 5.41) is 21.5. The molecule has 2 aromatic carbocycles. The molecule has 0 aliphatic carbocycles. The van der Waals surface area contributed by atoms with E-state index in [0.717, 1.165) is 0 Å². The zero-order valence-electron chi connectivity index (χ0n) is 9.10. The summed E-state index contributed by atoms with van der Waals surface area (Å²) in [7, 11) is -2.17. The number of hydrogen-bond donors (Lipinski definition) is 3. The van der Waals surface area contributed by atoms with Crippen LogP contribution in [-0.2, 0) is 0 Å². The van der Waals surface area contributed by atoms with Gasteiger partial charge in [-0.1, -0.05) is 60.7 Å². The predicted octanol–water partition coefficient (Wildman–Crippen LogP) is 1.92. The molecule has 0 bridgehead atoms. The van der Waals surface area contributed by atoms with Crippen LogP contribution in [0.3, 0.4) is 0 Å². The van der Waals surface area contributed by atoms with Gasteiger partial charge in [-0.3, -0.25) is 0 Å². The Kier molecular flexibility index (Phi) is 8.70. The summed E-state index contributed by atoms with van der Waals surface area (Å²) in [6.45, 7) is 0. The molecule has 3 N–H and O–H groups in total. The first-order chi connectivity index (χ1) is 7.70. The van der Waals surface area contributed by atoms with Crippen LogP contribution in [0, 0.1) is 0 Å². The van der Waals surface area contributed by atoms with Crippen molar-refractivity contribution in [3.63, 3.8) is 0 Å². The van der Waals surface area contributed by atoms with E-state index >= 15 is 0 Å². The third kappa shape index (κ3) is 7.12. The van der Waals surface area contributed by atoms with Crippen LogP contribution >= 0.6 is 24.0 Å². The minimum Gasteiger partial charge on any atom is -0.402 e. The monoisotopic (exact) mass is 344 g/mol. The van der Waals surface area contributed by atoms with Gasteiger partial charge < -0.3 is 15.1 Å². The van der Waals surface area contributed by atoms with Gasteiger partial charge in [0.05, 0.1) is 0 Å². The second kappa shape index (κ2) is 9.18. The SMILES string of the molecule is I.OB(O)O.c1ccc(-c2ccccc2)cc1. The Bertz CT molecular complexity index is 355. The Balaban J connectivity index is 0.000000453. The molecule has 5 heteroatoms. The molecular weight excluding hydrogens is 330 g/mol. The second-order valence-corrected chi connectivity index (χ2v) is 3.08. The third-order valence-corrected chi connectivity index (χ3v) is 1.88. The van der Waals surface area contributed by atoms with Crippen molar-refractivity contribution in [2.75, 3.05) is 0 Å². The minimum atomic E-state index is -2.17. The van der Waals surface area contributed by atoms with Crippen LogP contribution in [0.4, 0.5) is 0 Å². The summed E-state index contributed by atoms with van der Waals surface area (Å²) >= 11 is 0. The molecule has 0 aliphatic rings. The van der Waals surface area contributed by atoms with Crippen LogP contribution in [0.25, 0.3) is 11.1 Å². The number of benzene rings is 2. The molecule has 0 aromatic heterocycles. The molecule has 0 spiro atoms. The molecule has 0 heterocycles. The smallest absolute Gasteiger partial charge is 0.402 e. The zero-order valence-corrected chi connectivity index (χ0v) is 11.4. The molecular formula is C12H14BIO3. The van der Waals surface area contributed by atoms with E-state index in [1.165, 1.54) is 11.1 Å². The van der Waals surface area contributed by atoms with Crippen molar-refractivity contribution in [3.05, 3.63) is 60.7 Å². The Labute approximate surface area is 118 Å². The van der Waals surface area contributed by atoms with Gasteiger partial charge >= 0.3 is 7.32 Å². The molecule has 17 heavy (non-hydrogen) atoms. The van der Waals surface area contributed by atoms with Crippen molar-refractivity contribution in [2.24, 2.45) is 0 Å². The average Bonchev–Trinajstić information content (AvgIpc) is 2.31. The summed E-state index contributed by atoms with van der Waals surface area (Å²) in [6.07, 6.45) is 0. The van der Waals surface area contributed by atoms with E-state index in [9.17, 15) is 0 Å². The maximum atomic E-state index is 7.17. The van der Waals surface area contributed by atoms with Gasteiger partial charge in [0.2, 0.25) is 0 Å². The quantitative estimate of drug-likeness (QED) is 0.547. The zero-order chi connectivity index (χ0) is 11.8. The summed E-state index contributed by atoms with van der Waals surface area (Å²) in [5.74, 6) is 0. The van der Waals surface area contributed by atoms with Crippen LogP contribution in [0.5, 0.6) is 0 Å². The first kappa shape index (κ1) is 16.1. The van der Waals surface area contributed by atoms with Gasteiger partial charge in [-0.25, -0.2) is 0 Å². The van der Waals surface area contributed by atoms with E-state index in [2.05, 4.69) is 48.5 Å². The standard InChI is InChI=1S/C12H10.BH3O3.HI/c1-3-7-11(8-4-1)12-9-5-2-6-10-12;2-1(3)4;/h1-10H;2-4H;1H. The van der Waals surface area contributed by atoms with E-state index in [-0.39, 0.29) is 24.0 Å². The number of halogens is 1. The molecule has 0 saturated carbocycles. The number of rotatable bonds is 1. The predicted molar refractivity (Wildman–Crippen MR) is 79.7 cm³/mol. The molecule has 0 unspecified atom stereocenters. The first-order valence-electron chi connectivity index (χ1n) is 4.85. The maximum absolute atomic E-state index is 7.17. The van der Waals surface area contributed by atoms with E-state index in [4.69, 9.17) is 15.1 Å². The van der Waals surface area contributed by atoms with Gasteiger partial charge in [-0.05, 0) is 11.1 Å². The lowest BCUT2D eigenvalue weighted by Crippen LogP contribution is -2.07. The van der Waals surface area contributed by atoms with E-state index in [0.29, 0.717) is 0 Å². The van der Waals surface area contributed by atoms with Gasteiger partial charge in [0.15, 0.2) is 0 Å². The van der Waals surface area contributed by atoms with Crippen molar-refractivity contribution in [3.8, 4) is 11.1 Å². The summed E-state index contributed by atoms with van der Waals surface area (Å²) in [5.41, 5.74) is 2.55. The van der Waals surface area contributed by atoms with Crippen LogP contribution in [0.2, 0.25) is 0 Å².